The summed E-state index contributed by atoms with van der Waals surface area (Å²) < 4.78 is 24.1. The summed E-state index contributed by atoms with van der Waals surface area (Å²) in [6, 6.07) is 0. The van der Waals surface area contributed by atoms with Gasteiger partial charge >= 0.3 is 0 Å². The highest BCUT2D eigenvalue weighted by molar-refractivity contribution is 14.1. The summed E-state index contributed by atoms with van der Waals surface area (Å²) in [5.74, 6) is -3.92. The summed E-state index contributed by atoms with van der Waals surface area (Å²) in [5.41, 5.74) is -2.11. The van der Waals surface area contributed by atoms with Crippen molar-refractivity contribution in [1.82, 2.24) is 21.3 Å². The number of ether oxygens (including phenoxy) is 4. The van der Waals surface area contributed by atoms with Gasteiger partial charge in [-0.25, -0.2) is 0 Å². The molecule has 12 N–H and O–H groups in total. The van der Waals surface area contributed by atoms with Crippen LogP contribution in [0, 0.1) is 21.4 Å². The standard InChI is InChI=1S/C42H58I6N6O16/c1-21(59)35(61)51-33-29(45)23(27(43)25(31(33)47)39(65)53-41(3,17-55)18-56)37(63)49-7-5-9-67-11-13-69-15-16-70-14-12-68-10-6-8-50-38(64)24-28(44)26(40(66)54-42(4,19-57)20-58)32(48)34(30(24)46)52-36(62)22(2)60/h21-22,55-60H,5-20H2,1-4H3,(H,49,63)(H,50,64)(H,51,61)(H,52,62)(H,53,65)(H,54,66). The van der Waals surface area contributed by atoms with Gasteiger partial charge in [-0.1, -0.05) is 0 Å². The molecular weight excluding hydrogens is 1610 g/mol. The SMILES string of the molecule is CC(O)C(=O)Nc1c(I)c(C(=O)NCCCOCCOCCOCCOCCCNC(=O)c2c(I)c(NC(=O)C(C)O)c(I)c(C(=O)NC(C)(CO)CO)c2I)c(I)c(C(=O)NC(C)(CO)CO)c1I. The van der Waals surface area contributed by atoms with Crippen LogP contribution in [0.5, 0.6) is 0 Å². The third-order valence-corrected chi connectivity index (χ3v) is 16.1. The number of anilines is 2. The normalized spacial score (nSPS) is 12.5. The van der Waals surface area contributed by atoms with E-state index in [2.05, 4.69) is 31.9 Å². The number of aliphatic hydroxyl groups is 6. The topological polar surface area (TPSA) is 333 Å². The first kappa shape index (κ1) is 65.4. The number of rotatable bonds is 31. The summed E-state index contributed by atoms with van der Waals surface area (Å²) >= 11 is 11.3. The molecule has 0 saturated heterocycles. The zero-order valence-electron chi connectivity index (χ0n) is 38.5. The van der Waals surface area contributed by atoms with Crippen molar-refractivity contribution in [2.75, 3.05) is 103 Å². The van der Waals surface area contributed by atoms with Crippen molar-refractivity contribution in [3.8, 4) is 0 Å². The Morgan fingerprint density at radius 3 is 0.971 bits per heavy atom. The minimum atomic E-state index is -1.37. The number of carbonyl (C=O) groups excluding carboxylic acids is 6. The van der Waals surface area contributed by atoms with Crippen LogP contribution in [0.25, 0.3) is 0 Å². The Morgan fingerprint density at radius 2 is 0.714 bits per heavy atom. The Balaban J connectivity index is 1.76. The second-order valence-corrected chi connectivity index (χ2v) is 22.3. The third-order valence-electron chi connectivity index (χ3n) is 9.64. The highest BCUT2D eigenvalue weighted by atomic mass is 127. The highest BCUT2D eigenvalue weighted by Gasteiger charge is 2.34. The molecule has 0 fully saturated rings. The molecule has 0 saturated carbocycles. The van der Waals surface area contributed by atoms with Crippen molar-refractivity contribution in [1.29, 1.82) is 0 Å². The molecule has 0 heterocycles. The van der Waals surface area contributed by atoms with Gasteiger partial charge in [0.25, 0.3) is 35.4 Å². The molecular formula is C42H58I6N6O16. The number of benzene rings is 2. The van der Waals surface area contributed by atoms with Gasteiger partial charge in [-0.3, -0.25) is 28.8 Å². The van der Waals surface area contributed by atoms with Crippen LogP contribution < -0.4 is 31.9 Å². The first-order valence-electron chi connectivity index (χ1n) is 21.3. The van der Waals surface area contributed by atoms with Crippen LogP contribution in [-0.4, -0.2) is 182 Å². The highest BCUT2D eigenvalue weighted by Crippen LogP contribution is 2.38. The van der Waals surface area contributed by atoms with Gasteiger partial charge in [0.15, 0.2) is 0 Å². The molecule has 6 amide bonds. The van der Waals surface area contributed by atoms with Crippen molar-refractivity contribution < 1.29 is 78.4 Å². The lowest BCUT2D eigenvalue weighted by Gasteiger charge is -2.27. The minimum absolute atomic E-state index is 0.0423. The summed E-state index contributed by atoms with van der Waals surface area (Å²) in [6.45, 7) is 6.05. The molecule has 2 aromatic carbocycles. The fourth-order valence-corrected chi connectivity index (χ4v) is 14.3. The first-order valence-corrected chi connectivity index (χ1v) is 27.8. The van der Waals surface area contributed by atoms with Gasteiger partial charge in [0, 0.05) is 33.4 Å². The van der Waals surface area contributed by atoms with Crippen LogP contribution in [0.3, 0.4) is 0 Å². The first-order chi connectivity index (χ1) is 33.0. The Hall–Kier alpha value is -0.760. The zero-order chi connectivity index (χ0) is 52.9. The predicted molar refractivity (Wildman–Crippen MR) is 307 cm³/mol. The molecule has 0 aliphatic heterocycles. The fraction of sp³-hybridized carbons (Fsp3) is 0.571. The maximum absolute atomic E-state index is 13.5. The molecule has 28 heteroatoms. The van der Waals surface area contributed by atoms with Crippen LogP contribution >= 0.6 is 136 Å². The molecule has 0 spiro atoms. The number of aliphatic hydroxyl groups excluding tert-OH is 6. The molecule has 2 rings (SSSR count). The second-order valence-electron chi connectivity index (χ2n) is 15.8. The predicted octanol–water partition coefficient (Wildman–Crippen LogP) is 1.91. The monoisotopic (exact) mass is 1660 g/mol. The Morgan fingerprint density at radius 1 is 0.457 bits per heavy atom. The van der Waals surface area contributed by atoms with Crippen LogP contribution in [-0.2, 0) is 28.5 Å². The smallest absolute Gasteiger partial charge is 0.254 e. The summed E-state index contributed by atoms with van der Waals surface area (Å²) in [6.07, 6.45) is -1.86. The van der Waals surface area contributed by atoms with Crippen molar-refractivity contribution in [3.05, 3.63) is 43.7 Å². The van der Waals surface area contributed by atoms with E-state index in [-0.39, 0.29) is 53.9 Å². The van der Waals surface area contributed by atoms with Gasteiger partial charge in [-0.2, -0.15) is 0 Å². The molecule has 0 radical (unpaired) electrons. The van der Waals surface area contributed by atoms with E-state index in [1.807, 2.05) is 136 Å². The van der Waals surface area contributed by atoms with E-state index in [1.165, 1.54) is 27.7 Å². The average Bonchev–Trinajstić information content (AvgIpc) is 3.30. The van der Waals surface area contributed by atoms with Crippen molar-refractivity contribution in [2.45, 2.75) is 63.8 Å². The number of hydrogen-bond acceptors (Lipinski definition) is 16. The molecule has 2 unspecified atom stereocenters. The van der Waals surface area contributed by atoms with E-state index in [0.29, 0.717) is 80.0 Å². The molecule has 394 valence electrons. The van der Waals surface area contributed by atoms with Crippen LogP contribution in [0.2, 0.25) is 0 Å². The Bertz CT molecular complexity index is 2000. The number of amides is 6. The van der Waals surface area contributed by atoms with E-state index in [4.69, 9.17) is 18.9 Å². The number of carbonyl (C=O) groups is 6. The van der Waals surface area contributed by atoms with Gasteiger partial charge in [-0.05, 0) is 176 Å². The van der Waals surface area contributed by atoms with E-state index in [1.54, 1.807) is 0 Å². The maximum atomic E-state index is 13.5. The average molecular weight is 1660 g/mol. The zero-order valence-corrected chi connectivity index (χ0v) is 51.4. The van der Waals surface area contributed by atoms with Crippen LogP contribution in [0.4, 0.5) is 11.4 Å². The quantitative estimate of drug-likeness (QED) is 0.0379. The minimum Gasteiger partial charge on any atom is -0.394 e. The van der Waals surface area contributed by atoms with Gasteiger partial charge in [0.05, 0.1) is 125 Å². The molecule has 0 bridgehead atoms. The fourth-order valence-electron chi connectivity index (χ4n) is 5.42. The molecule has 0 aliphatic carbocycles. The van der Waals surface area contributed by atoms with Gasteiger partial charge in [0.1, 0.15) is 12.2 Å². The van der Waals surface area contributed by atoms with Crippen molar-refractivity contribution in [3.63, 3.8) is 0 Å². The molecule has 2 atom stereocenters. The van der Waals surface area contributed by atoms with E-state index >= 15 is 0 Å². The van der Waals surface area contributed by atoms with Crippen molar-refractivity contribution >= 4 is 182 Å². The van der Waals surface area contributed by atoms with Gasteiger partial charge in [-0.15, -0.1) is 0 Å². The Labute approximate surface area is 486 Å². The Kier molecular flexibility index (Phi) is 30.5. The number of nitrogens with one attached hydrogen (secondary N) is 6. The lowest BCUT2D eigenvalue weighted by atomic mass is 10.0. The van der Waals surface area contributed by atoms with E-state index in [9.17, 15) is 59.4 Å². The molecule has 0 aromatic heterocycles. The molecule has 70 heavy (non-hydrogen) atoms. The largest absolute Gasteiger partial charge is 0.394 e. The van der Waals surface area contributed by atoms with Crippen LogP contribution in [0.15, 0.2) is 0 Å². The number of hydrogen-bond donors (Lipinski definition) is 12. The van der Waals surface area contributed by atoms with Crippen molar-refractivity contribution in [2.24, 2.45) is 0 Å². The van der Waals surface area contributed by atoms with E-state index in [0.717, 1.165) is 0 Å². The third kappa shape index (κ3) is 19.7. The molecule has 22 nitrogen and oxygen atoms in total. The maximum Gasteiger partial charge on any atom is 0.254 e. The summed E-state index contributed by atoms with van der Waals surface area (Å²) in [7, 11) is 0. The summed E-state index contributed by atoms with van der Waals surface area (Å²) in [4.78, 5) is 78.8. The number of halogens is 6. The van der Waals surface area contributed by atoms with Gasteiger partial charge < -0.3 is 81.5 Å². The molecule has 2 aromatic rings. The molecule has 0 aliphatic rings. The lowest BCUT2D eigenvalue weighted by Crippen LogP contribution is -2.52. The van der Waals surface area contributed by atoms with Crippen LogP contribution in [0.1, 0.15) is 82.0 Å². The summed E-state index contributed by atoms with van der Waals surface area (Å²) in [5, 5.41) is 74.5. The second kappa shape index (κ2) is 32.6. The van der Waals surface area contributed by atoms with E-state index < -0.39 is 85.2 Å². The van der Waals surface area contributed by atoms with Gasteiger partial charge in [0.2, 0.25) is 0 Å². The lowest BCUT2D eigenvalue weighted by molar-refractivity contribution is -0.123.